The van der Waals surface area contributed by atoms with Crippen molar-refractivity contribution in [3.8, 4) is 0 Å². The van der Waals surface area contributed by atoms with Crippen molar-refractivity contribution in [2.45, 2.75) is 11.3 Å². The fourth-order valence-electron chi connectivity index (χ4n) is 3.51. The number of furan rings is 1. The highest BCUT2D eigenvalue weighted by Gasteiger charge is 2.25. The number of sulfonamides is 1. The fraction of sp³-hybridized carbons (Fsp3) is 0.143. The van der Waals surface area contributed by atoms with E-state index in [9.17, 15) is 17.6 Å². The second-order valence-corrected chi connectivity index (χ2v) is 8.73. The van der Waals surface area contributed by atoms with Crippen LogP contribution in [-0.2, 0) is 10.0 Å². The molecule has 1 fully saturated rings. The molecular weight excluding hydrogens is 409 g/mol. The van der Waals surface area contributed by atoms with Gasteiger partial charge < -0.3 is 9.32 Å². The van der Waals surface area contributed by atoms with Gasteiger partial charge in [-0.05, 0) is 24.6 Å². The molecule has 2 aromatic heterocycles. The summed E-state index contributed by atoms with van der Waals surface area (Å²) in [5.74, 6) is -1.78. The van der Waals surface area contributed by atoms with Gasteiger partial charge in [-0.15, -0.1) is 0 Å². The second-order valence-electron chi connectivity index (χ2n) is 7.08. The minimum absolute atomic E-state index is 0.0573. The molecule has 30 heavy (non-hydrogen) atoms. The van der Waals surface area contributed by atoms with Gasteiger partial charge >= 0.3 is 5.91 Å². The lowest BCUT2D eigenvalue weighted by Crippen LogP contribution is -2.36. The van der Waals surface area contributed by atoms with Crippen LogP contribution in [0.4, 0.5) is 10.1 Å². The van der Waals surface area contributed by atoms with Crippen molar-refractivity contribution in [1.82, 2.24) is 9.71 Å². The van der Waals surface area contributed by atoms with Gasteiger partial charge in [-0.25, -0.2) is 17.5 Å². The van der Waals surface area contributed by atoms with Gasteiger partial charge in [0.05, 0.1) is 10.3 Å². The van der Waals surface area contributed by atoms with Crippen molar-refractivity contribution in [3.63, 3.8) is 0 Å². The van der Waals surface area contributed by atoms with Crippen LogP contribution in [0.1, 0.15) is 17.0 Å². The van der Waals surface area contributed by atoms with Crippen LogP contribution >= 0.6 is 0 Å². The van der Waals surface area contributed by atoms with E-state index in [0.29, 0.717) is 16.5 Å². The molecule has 5 rings (SSSR count). The molecule has 9 heteroatoms. The Morgan fingerprint density at radius 1 is 1.13 bits per heavy atom. The van der Waals surface area contributed by atoms with Crippen molar-refractivity contribution < 1.29 is 22.0 Å². The van der Waals surface area contributed by atoms with Gasteiger partial charge in [-0.1, -0.05) is 12.1 Å². The summed E-state index contributed by atoms with van der Waals surface area (Å²) in [5.41, 5.74) is 0.861. The summed E-state index contributed by atoms with van der Waals surface area (Å²) in [6.07, 6.45) is 4.04. The molecule has 0 saturated carbocycles. The Labute approximate surface area is 171 Å². The van der Waals surface area contributed by atoms with Gasteiger partial charge in [0, 0.05) is 54.1 Å². The Balaban J connectivity index is 1.48. The number of carbonyl (C=O) groups excluding carboxylic acids is 1. The Kier molecular flexibility index (Phi) is 4.21. The molecule has 0 atom stereocenters. The van der Waals surface area contributed by atoms with Gasteiger partial charge in [0.1, 0.15) is 11.4 Å². The highest BCUT2D eigenvalue weighted by atomic mass is 32.2. The Morgan fingerprint density at radius 2 is 1.97 bits per heavy atom. The van der Waals surface area contributed by atoms with Crippen LogP contribution in [0.3, 0.4) is 0 Å². The van der Waals surface area contributed by atoms with Crippen molar-refractivity contribution >= 4 is 43.4 Å². The van der Waals surface area contributed by atoms with Crippen LogP contribution in [0.2, 0.25) is 0 Å². The maximum Gasteiger partial charge on any atom is 0.300 e. The number of rotatable bonds is 4. The molecule has 152 valence electrons. The van der Waals surface area contributed by atoms with E-state index >= 15 is 0 Å². The third-order valence-corrected chi connectivity index (χ3v) is 6.56. The quantitative estimate of drug-likeness (QED) is 0.538. The zero-order chi connectivity index (χ0) is 20.9. The molecule has 3 heterocycles. The maximum absolute atomic E-state index is 14.5. The molecule has 0 spiro atoms. The molecular formula is C21H16FN3O4S. The number of halogens is 1. The van der Waals surface area contributed by atoms with Crippen LogP contribution in [-0.4, -0.2) is 32.4 Å². The van der Waals surface area contributed by atoms with Crippen molar-refractivity contribution in [2.75, 3.05) is 18.0 Å². The van der Waals surface area contributed by atoms with Gasteiger partial charge in [0.15, 0.2) is 5.76 Å². The van der Waals surface area contributed by atoms with Crippen molar-refractivity contribution in [1.29, 1.82) is 0 Å². The number of nitrogens with one attached hydrogen (secondary N) is 1. The molecule has 1 amide bonds. The zero-order valence-electron chi connectivity index (χ0n) is 15.6. The van der Waals surface area contributed by atoms with E-state index in [1.54, 1.807) is 24.3 Å². The van der Waals surface area contributed by atoms with Crippen LogP contribution < -0.4 is 9.62 Å². The summed E-state index contributed by atoms with van der Waals surface area (Å²) in [5, 5.41) is 1.18. The number of hydrogen-bond donors (Lipinski definition) is 1. The van der Waals surface area contributed by atoms with E-state index in [1.807, 2.05) is 9.62 Å². The fourth-order valence-corrected chi connectivity index (χ4v) is 4.69. The predicted octanol–water partition coefficient (Wildman–Crippen LogP) is 3.45. The summed E-state index contributed by atoms with van der Waals surface area (Å²) in [6.45, 7) is 1.66. The molecule has 0 bridgehead atoms. The Hall–Kier alpha value is -3.46. The summed E-state index contributed by atoms with van der Waals surface area (Å²) >= 11 is 0. The van der Waals surface area contributed by atoms with E-state index in [-0.39, 0.29) is 21.6 Å². The molecule has 1 N–H and O–H groups in total. The first kappa shape index (κ1) is 18.6. The SMILES string of the molecule is O=C(NS(=O)(=O)c1cccc2cnccc12)c1cc2c(F)cc(N3CCC3)cc2o1. The summed E-state index contributed by atoms with van der Waals surface area (Å²) in [4.78, 5) is 18.5. The molecule has 0 aliphatic carbocycles. The number of amides is 1. The van der Waals surface area contributed by atoms with Gasteiger partial charge in [-0.3, -0.25) is 9.78 Å². The summed E-state index contributed by atoms with van der Waals surface area (Å²) < 4.78 is 47.6. The van der Waals surface area contributed by atoms with Gasteiger partial charge in [0.25, 0.3) is 10.0 Å². The minimum Gasteiger partial charge on any atom is -0.451 e. The minimum atomic E-state index is -4.19. The first-order valence-electron chi connectivity index (χ1n) is 9.30. The number of pyridine rings is 1. The lowest BCUT2D eigenvalue weighted by atomic mass is 10.1. The monoisotopic (exact) mass is 425 g/mol. The topological polar surface area (TPSA) is 92.5 Å². The number of carbonyl (C=O) groups is 1. The van der Waals surface area contributed by atoms with Crippen LogP contribution in [0.25, 0.3) is 21.7 Å². The summed E-state index contributed by atoms with van der Waals surface area (Å²) in [6, 6.07) is 10.5. The molecule has 0 radical (unpaired) electrons. The largest absolute Gasteiger partial charge is 0.451 e. The number of hydrogen-bond acceptors (Lipinski definition) is 6. The number of nitrogens with zero attached hydrogens (tertiary/aromatic N) is 2. The lowest BCUT2D eigenvalue weighted by molar-refractivity contribution is 0.0956. The van der Waals surface area contributed by atoms with E-state index in [0.717, 1.165) is 19.5 Å². The number of aromatic nitrogens is 1. The van der Waals surface area contributed by atoms with Crippen LogP contribution in [0, 0.1) is 5.82 Å². The summed E-state index contributed by atoms with van der Waals surface area (Å²) in [7, 11) is -4.19. The van der Waals surface area contributed by atoms with E-state index in [4.69, 9.17) is 4.42 Å². The Bertz CT molecular complexity index is 1410. The first-order chi connectivity index (χ1) is 14.4. The van der Waals surface area contributed by atoms with Gasteiger partial charge in [0.2, 0.25) is 0 Å². The lowest BCUT2D eigenvalue weighted by Gasteiger charge is -2.33. The highest BCUT2D eigenvalue weighted by Crippen LogP contribution is 2.30. The molecule has 2 aromatic carbocycles. The molecule has 1 saturated heterocycles. The van der Waals surface area contributed by atoms with E-state index in [1.165, 1.54) is 30.6 Å². The third-order valence-electron chi connectivity index (χ3n) is 5.17. The standard InChI is InChI=1S/C21H16FN3O4S/c22-17-9-14(25-7-2-8-25)10-18-16(17)11-19(29-18)21(26)24-30(27,28)20-4-1-3-13-12-23-6-5-15(13)20/h1,3-6,9-12H,2,7-8H2,(H,24,26). The number of fused-ring (bicyclic) bond motifs is 2. The first-order valence-corrected chi connectivity index (χ1v) is 10.8. The Morgan fingerprint density at radius 3 is 2.73 bits per heavy atom. The third kappa shape index (κ3) is 3.07. The van der Waals surface area contributed by atoms with Crippen molar-refractivity contribution in [2.24, 2.45) is 0 Å². The van der Waals surface area contributed by atoms with Crippen LogP contribution in [0.5, 0.6) is 0 Å². The van der Waals surface area contributed by atoms with Crippen molar-refractivity contribution in [3.05, 3.63) is 66.4 Å². The average molecular weight is 425 g/mol. The zero-order valence-corrected chi connectivity index (χ0v) is 16.4. The molecule has 1 aliphatic heterocycles. The maximum atomic E-state index is 14.5. The van der Waals surface area contributed by atoms with E-state index < -0.39 is 21.7 Å². The molecule has 4 aromatic rings. The second kappa shape index (κ2) is 6.81. The number of benzene rings is 2. The normalized spacial score (nSPS) is 14.1. The highest BCUT2D eigenvalue weighted by molar-refractivity contribution is 7.90. The molecule has 1 aliphatic rings. The average Bonchev–Trinajstić information content (AvgIpc) is 3.11. The van der Waals surface area contributed by atoms with Crippen LogP contribution in [0.15, 0.2) is 64.2 Å². The predicted molar refractivity (Wildman–Crippen MR) is 109 cm³/mol. The molecule has 0 unspecified atom stereocenters. The smallest absolute Gasteiger partial charge is 0.300 e. The van der Waals surface area contributed by atoms with Gasteiger partial charge in [-0.2, -0.15) is 0 Å². The van der Waals surface area contributed by atoms with E-state index in [2.05, 4.69) is 4.98 Å². The number of anilines is 1. The molecule has 7 nitrogen and oxygen atoms in total.